The second kappa shape index (κ2) is 6.21. The van der Waals surface area contributed by atoms with Crippen LogP contribution in [0.2, 0.25) is 0 Å². The third-order valence-corrected chi connectivity index (χ3v) is 4.01. The number of halogens is 2. The molecule has 4 heteroatoms. The number of benzene rings is 1. The van der Waals surface area contributed by atoms with Crippen molar-refractivity contribution in [2.24, 2.45) is 0 Å². The third kappa shape index (κ3) is 3.70. The van der Waals surface area contributed by atoms with Crippen LogP contribution in [0.1, 0.15) is 25.3 Å². The minimum atomic E-state index is 0.247. The minimum Gasteiger partial charge on any atom is -0.491 e. The summed E-state index contributed by atoms with van der Waals surface area (Å²) in [4.78, 5) is 0. The molecular weight excluding hydrogens is 348 g/mol. The highest BCUT2D eigenvalue weighted by Crippen LogP contribution is 2.26. The van der Waals surface area contributed by atoms with Crippen molar-refractivity contribution in [3.63, 3.8) is 0 Å². The van der Waals surface area contributed by atoms with Gasteiger partial charge in [0.1, 0.15) is 12.4 Å². The van der Waals surface area contributed by atoms with Crippen LogP contribution in [-0.2, 0) is 10.1 Å². The Morgan fingerprint density at radius 1 is 1.41 bits per heavy atom. The fourth-order valence-electron chi connectivity index (χ4n) is 1.98. The first-order valence-corrected chi connectivity index (χ1v) is 7.73. The lowest BCUT2D eigenvalue weighted by molar-refractivity contribution is 0.0263. The lowest BCUT2D eigenvalue weighted by Crippen LogP contribution is -2.18. The minimum absolute atomic E-state index is 0.247. The molecule has 2 unspecified atom stereocenters. The quantitative estimate of drug-likeness (QED) is 0.743. The van der Waals surface area contributed by atoms with E-state index in [1.165, 1.54) is 0 Å². The maximum atomic E-state index is 5.84. The van der Waals surface area contributed by atoms with Crippen LogP contribution >= 0.6 is 31.9 Å². The molecule has 1 fully saturated rings. The van der Waals surface area contributed by atoms with Gasteiger partial charge >= 0.3 is 0 Å². The van der Waals surface area contributed by atoms with Gasteiger partial charge in [0, 0.05) is 15.4 Å². The van der Waals surface area contributed by atoms with E-state index in [0.717, 1.165) is 34.0 Å². The summed E-state index contributed by atoms with van der Waals surface area (Å²) >= 11 is 6.93. The maximum Gasteiger partial charge on any atom is 0.123 e. The van der Waals surface area contributed by atoms with Crippen LogP contribution in [0.25, 0.3) is 0 Å². The highest BCUT2D eigenvalue weighted by Gasteiger charge is 2.22. The monoisotopic (exact) mass is 362 g/mol. The first-order valence-electron chi connectivity index (χ1n) is 5.81. The molecule has 2 nitrogen and oxygen atoms in total. The van der Waals surface area contributed by atoms with Gasteiger partial charge in [0.05, 0.1) is 12.2 Å². The molecule has 1 aliphatic heterocycles. The van der Waals surface area contributed by atoms with Gasteiger partial charge in [-0.2, -0.15) is 0 Å². The van der Waals surface area contributed by atoms with Gasteiger partial charge in [0.15, 0.2) is 0 Å². The number of ether oxygens (including phenoxy) is 2. The maximum absolute atomic E-state index is 5.84. The highest BCUT2D eigenvalue weighted by atomic mass is 79.9. The molecule has 0 radical (unpaired) electrons. The fraction of sp³-hybridized carbons (Fsp3) is 0.538. The van der Waals surface area contributed by atoms with Crippen LogP contribution in [0.4, 0.5) is 0 Å². The van der Waals surface area contributed by atoms with Crippen molar-refractivity contribution in [3.05, 3.63) is 28.2 Å². The van der Waals surface area contributed by atoms with E-state index in [-0.39, 0.29) is 6.10 Å². The predicted octanol–water partition coefficient (Wildman–Crippen LogP) is 4.29. The van der Waals surface area contributed by atoms with Crippen LogP contribution < -0.4 is 4.74 Å². The zero-order valence-electron chi connectivity index (χ0n) is 9.79. The van der Waals surface area contributed by atoms with E-state index in [2.05, 4.69) is 44.8 Å². The van der Waals surface area contributed by atoms with Crippen LogP contribution in [0.5, 0.6) is 5.75 Å². The summed E-state index contributed by atoms with van der Waals surface area (Å²) < 4.78 is 12.6. The van der Waals surface area contributed by atoms with Crippen LogP contribution in [0.3, 0.4) is 0 Å². The van der Waals surface area contributed by atoms with Gasteiger partial charge in [-0.1, -0.05) is 31.9 Å². The Hall–Kier alpha value is -0.0600. The van der Waals surface area contributed by atoms with E-state index < -0.39 is 0 Å². The molecule has 94 valence electrons. The van der Waals surface area contributed by atoms with E-state index in [1.54, 1.807) is 0 Å². The zero-order chi connectivity index (χ0) is 12.3. The molecule has 0 aliphatic carbocycles. The topological polar surface area (TPSA) is 18.5 Å². The number of alkyl halides is 1. The van der Waals surface area contributed by atoms with Gasteiger partial charge in [-0.3, -0.25) is 0 Å². The standard InChI is InChI=1S/C13H16Br2O2/c1-9-2-4-12(17-9)8-16-13-5-3-11(15)6-10(13)7-14/h3,5-6,9,12H,2,4,7-8H2,1H3. The summed E-state index contributed by atoms with van der Waals surface area (Å²) in [5, 5.41) is 0.795. The highest BCUT2D eigenvalue weighted by molar-refractivity contribution is 9.10. The lowest BCUT2D eigenvalue weighted by Gasteiger charge is -2.14. The molecule has 0 amide bonds. The zero-order valence-corrected chi connectivity index (χ0v) is 13.0. The summed E-state index contributed by atoms with van der Waals surface area (Å²) in [6.45, 7) is 2.76. The molecule has 0 bridgehead atoms. The summed E-state index contributed by atoms with van der Waals surface area (Å²) in [7, 11) is 0. The van der Waals surface area contributed by atoms with Gasteiger partial charge < -0.3 is 9.47 Å². The second-order valence-electron chi connectivity index (χ2n) is 4.34. The van der Waals surface area contributed by atoms with E-state index in [4.69, 9.17) is 9.47 Å². The Morgan fingerprint density at radius 2 is 2.24 bits per heavy atom. The molecular formula is C13H16Br2O2. The van der Waals surface area contributed by atoms with Crippen molar-refractivity contribution in [3.8, 4) is 5.75 Å². The Labute approximate surface area is 119 Å². The molecule has 1 aliphatic rings. The smallest absolute Gasteiger partial charge is 0.123 e. The normalized spacial score (nSPS) is 23.9. The molecule has 2 atom stereocenters. The SMILES string of the molecule is CC1CCC(COc2ccc(Br)cc2CBr)O1. The van der Waals surface area contributed by atoms with Crippen molar-refractivity contribution < 1.29 is 9.47 Å². The fourth-order valence-corrected chi connectivity index (χ4v) is 2.83. The Balaban J connectivity index is 1.94. The van der Waals surface area contributed by atoms with E-state index >= 15 is 0 Å². The first kappa shape index (κ1) is 13.4. The number of rotatable bonds is 4. The van der Waals surface area contributed by atoms with Crippen molar-refractivity contribution >= 4 is 31.9 Å². The molecule has 0 aromatic heterocycles. The molecule has 1 aromatic rings. The summed E-state index contributed by atoms with van der Waals surface area (Å²) in [6, 6.07) is 6.07. The van der Waals surface area contributed by atoms with Gasteiger partial charge in [0.2, 0.25) is 0 Å². The molecule has 0 spiro atoms. The summed E-state index contributed by atoms with van der Waals surface area (Å²) in [5.74, 6) is 0.938. The van der Waals surface area contributed by atoms with Crippen molar-refractivity contribution in [1.29, 1.82) is 0 Å². The van der Waals surface area contributed by atoms with Crippen LogP contribution in [0, 0.1) is 0 Å². The number of hydrogen-bond acceptors (Lipinski definition) is 2. The molecule has 1 aromatic carbocycles. The Morgan fingerprint density at radius 3 is 2.88 bits per heavy atom. The average Bonchev–Trinajstić information content (AvgIpc) is 2.73. The first-order chi connectivity index (χ1) is 8.19. The molecule has 0 N–H and O–H groups in total. The molecule has 1 saturated heterocycles. The van der Waals surface area contributed by atoms with Gasteiger partial charge in [-0.05, 0) is 38.0 Å². The van der Waals surface area contributed by atoms with Crippen LogP contribution in [-0.4, -0.2) is 18.8 Å². The average molecular weight is 364 g/mol. The van der Waals surface area contributed by atoms with Crippen molar-refractivity contribution in [2.75, 3.05) is 6.61 Å². The molecule has 17 heavy (non-hydrogen) atoms. The Kier molecular flexibility index (Phi) is 4.88. The Bertz CT molecular complexity index is 382. The summed E-state index contributed by atoms with van der Waals surface area (Å²) in [5.41, 5.74) is 1.16. The van der Waals surface area contributed by atoms with Crippen molar-refractivity contribution in [2.45, 2.75) is 37.3 Å². The van der Waals surface area contributed by atoms with E-state index in [0.29, 0.717) is 12.7 Å². The van der Waals surface area contributed by atoms with Gasteiger partial charge in [0.25, 0.3) is 0 Å². The lowest BCUT2D eigenvalue weighted by atomic mass is 10.2. The van der Waals surface area contributed by atoms with Gasteiger partial charge in [-0.15, -0.1) is 0 Å². The van der Waals surface area contributed by atoms with Crippen LogP contribution in [0.15, 0.2) is 22.7 Å². The predicted molar refractivity (Wildman–Crippen MR) is 75.8 cm³/mol. The number of hydrogen-bond donors (Lipinski definition) is 0. The molecule has 0 saturated carbocycles. The largest absolute Gasteiger partial charge is 0.491 e. The van der Waals surface area contributed by atoms with Crippen molar-refractivity contribution in [1.82, 2.24) is 0 Å². The van der Waals surface area contributed by atoms with E-state index in [9.17, 15) is 0 Å². The van der Waals surface area contributed by atoms with Gasteiger partial charge in [-0.25, -0.2) is 0 Å². The second-order valence-corrected chi connectivity index (χ2v) is 5.82. The molecule has 1 heterocycles. The molecule has 2 rings (SSSR count). The van der Waals surface area contributed by atoms with E-state index in [1.807, 2.05) is 12.1 Å². The third-order valence-electron chi connectivity index (χ3n) is 2.91. The summed E-state index contributed by atoms with van der Waals surface area (Å²) in [6.07, 6.45) is 2.86.